The number of allylic oxidation sites excluding steroid dienone is 3. The van der Waals surface area contributed by atoms with Gasteiger partial charge in [-0.3, -0.25) is 14.9 Å². The molecule has 0 aromatic heterocycles. The average Bonchev–Trinajstić information content (AvgIpc) is 2.07. The van der Waals surface area contributed by atoms with Gasteiger partial charge in [0.15, 0.2) is 5.78 Å². The molecule has 0 amide bonds. The third-order valence-electron chi connectivity index (χ3n) is 1.72. The maximum absolute atomic E-state index is 10.8. The lowest BCUT2D eigenvalue weighted by Crippen LogP contribution is -2.16. The summed E-state index contributed by atoms with van der Waals surface area (Å²) in [5.74, 6) is -0.0885. The maximum Gasteiger partial charge on any atom is 0.285 e. The Balaban J connectivity index is 2.92. The number of nitrogens with zero attached hydrogens (tertiary/aromatic N) is 2. The standard InChI is InChI=1S/C9H10N2O3/c1-7(12)5-8-3-4-9(11(13)14)6-10(8)2/h3-6H,1-2H3/b8-5-. The van der Waals surface area contributed by atoms with Crippen molar-refractivity contribution in [1.82, 2.24) is 4.90 Å². The number of hydrogen-bond donors (Lipinski definition) is 0. The number of hydrogen-bond acceptors (Lipinski definition) is 4. The number of rotatable bonds is 2. The molecule has 1 rings (SSSR count). The molecule has 0 aliphatic carbocycles. The molecule has 5 heteroatoms. The molecule has 1 aliphatic heterocycles. The molecule has 1 aliphatic rings. The minimum atomic E-state index is -0.475. The lowest BCUT2D eigenvalue weighted by Gasteiger charge is -2.17. The normalized spacial score (nSPS) is 18.3. The molecule has 0 aromatic rings. The van der Waals surface area contributed by atoms with E-state index >= 15 is 0 Å². The van der Waals surface area contributed by atoms with Crippen molar-refractivity contribution < 1.29 is 9.72 Å². The predicted molar refractivity (Wildman–Crippen MR) is 50.7 cm³/mol. The van der Waals surface area contributed by atoms with Gasteiger partial charge in [-0.15, -0.1) is 0 Å². The Morgan fingerprint density at radius 3 is 2.64 bits per heavy atom. The summed E-state index contributed by atoms with van der Waals surface area (Å²) in [6, 6.07) is 0. The smallest absolute Gasteiger partial charge is 0.285 e. The Morgan fingerprint density at radius 1 is 1.57 bits per heavy atom. The topological polar surface area (TPSA) is 63.4 Å². The molecule has 74 valence electrons. The van der Waals surface area contributed by atoms with Crippen LogP contribution in [0.3, 0.4) is 0 Å². The van der Waals surface area contributed by atoms with Crippen molar-refractivity contribution in [1.29, 1.82) is 0 Å². The SMILES string of the molecule is CC(=O)/C=C1/C=CC([N+](=O)[O-])=CN1C. The molecule has 0 radical (unpaired) electrons. The summed E-state index contributed by atoms with van der Waals surface area (Å²) >= 11 is 0. The van der Waals surface area contributed by atoms with Gasteiger partial charge in [-0.2, -0.15) is 0 Å². The van der Waals surface area contributed by atoms with Crippen molar-refractivity contribution in [3.05, 3.63) is 45.9 Å². The van der Waals surface area contributed by atoms with E-state index in [1.807, 2.05) is 0 Å². The zero-order chi connectivity index (χ0) is 10.7. The highest BCUT2D eigenvalue weighted by molar-refractivity contribution is 5.88. The van der Waals surface area contributed by atoms with Gasteiger partial charge in [-0.25, -0.2) is 0 Å². The van der Waals surface area contributed by atoms with Gasteiger partial charge in [0.05, 0.1) is 11.1 Å². The molecule has 0 saturated heterocycles. The van der Waals surface area contributed by atoms with Crippen molar-refractivity contribution in [3.8, 4) is 0 Å². The number of likely N-dealkylation sites (N-methyl/N-ethyl adjacent to an activating group) is 1. The lowest BCUT2D eigenvalue weighted by atomic mass is 10.2. The van der Waals surface area contributed by atoms with Crippen LogP contribution in [-0.4, -0.2) is 22.7 Å². The van der Waals surface area contributed by atoms with E-state index in [4.69, 9.17) is 0 Å². The van der Waals surface area contributed by atoms with Crippen molar-refractivity contribution in [3.63, 3.8) is 0 Å². The summed E-state index contributed by atoms with van der Waals surface area (Å²) in [4.78, 5) is 22.2. The largest absolute Gasteiger partial charge is 0.345 e. The van der Waals surface area contributed by atoms with E-state index in [-0.39, 0.29) is 11.5 Å². The van der Waals surface area contributed by atoms with E-state index in [1.165, 1.54) is 25.3 Å². The lowest BCUT2D eigenvalue weighted by molar-refractivity contribution is -0.420. The second kappa shape index (κ2) is 3.87. The minimum Gasteiger partial charge on any atom is -0.345 e. The van der Waals surface area contributed by atoms with Crippen molar-refractivity contribution in [2.75, 3.05) is 7.05 Å². The number of carbonyl (C=O) groups excluding carboxylic acids is 1. The summed E-state index contributed by atoms with van der Waals surface area (Å²) in [6.07, 6.45) is 5.70. The third-order valence-corrected chi connectivity index (χ3v) is 1.72. The molecule has 0 aromatic carbocycles. The Bertz CT molecular complexity index is 366. The van der Waals surface area contributed by atoms with Crippen molar-refractivity contribution in [2.45, 2.75) is 6.92 Å². The average molecular weight is 194 g/mol. The molecule has 0 N–H and O–H groups in total. The molecule has 5 nitrogen and oxygen atoms in total. The fourth-order valence-corrected chi connectivity index (χ4v) is 1.07. The second-order valence-electron chi connectivity index (χ2n) is 2.94. The summed E-state index contributed by atoms with van der Waals surface area (Å²) in [5.41, 5.74) is 0.649. The molecule has 0 saturated carbocycles. The van der Waals surface area contributed by atoms with Crippen LogP contribution in [0.15, 0.2) is 35.8 Å². The summed E-state index contributed by atoms with van der Waals surface area (Å²) in [7, 11) is 1.65. The van der Waals surface area contributed by atoms with Gasteiger partial charge in [0.1, 0.15) is 0 Å². The summed E-state index contributed by atoms with van der Waals surface area (Å²) in [6.45, 7) is 1.43. The van der Waals surface area contributed by atoms with Gasteiger partial charge >= 0.3 is 0 Å². The van der Waals surface area contributed by atoms with Crippen LogP contribution in [0.2, 0.25) is 0 Å². The highest BCUT2D eigenvalue weighted by atomic mass is 16.6. The predicted octanol–water partition coefficient (Wildman–Crippen LogP) is 1.08. The van der Waals surface area contributed by atoms with Crippen LogP contribution in [-0.2, 0) is 4.79 Å². The second-order valence-corrected chi connectivity index (χ2v) is 2.94. The third kappa shape index (κ3) is 2.29. The summed E-state index contributed by atoms with van der Waals surface area (Å²) in [5, 5.41) is 10.4. The first kappa shape index (κ1) is 10.2. The fourth-order valence-electron chi connectivity index (χ4n) is 1.07. The van der Waals surface area contributed by atoms with Crippen molar-refractivity contribution >= 4 is 5.78 Å². The molecule has 0 bridgehead atoms. The molecule has 1 heterocycles. The van der Waals surface area contributed by atoms with Gasteiger partial charge in [0, 0.05) is 24.9 Å². The van der Waals surface area contributed by atoms with Gasteiger partial charge in [0.2, 0.25) is 0 Å². The highest BCUT2D eigenvalue weighted by Crippen LogP contribution is 2.14. The Morgan fingerprint density at radius 2 is 2.21 bits per heavy atom. The quantitative estimate of drug-likeness (QED) is 0.375. The van der Waals surface area contributed by atoms with Gasteiger partial charge in [-0.05, 0) is 13.0 Å². The molecule has 0 unspecified atom stereocenters. The van der Waals surface area contributed by atoms with Gasteiger partial charge in [-0.1, -0.05) is 0 Å². The van der Waals surface area contributed by atoms with Crippen LogP contribution in [0.5, 0.6) is 0 Å². The van der Waals surface area contributed by atoms with E-state index in [2.05, 4.69) is 0 Å². The Kier molecular flexibility index (Phi) is 2.81. The number of nitro groups is 1. The van der Waals surface area contributed by atoms with E-state index in [0.29, 0.717) is 5.70 Å². The molecular weight excluding hydrogens is 184 g/mol. The molecule has 0 spiro atoms. The zero-order valence-electron chi connectivity index (χ0n) is 7.93. The first-order valence-corrected chi connectivity index (χ1v) is 4.00. The van der Waals surface area contributed by atoms with Gasteiger partial charge in [0.25, 0.3) is 5.70 Å². The molecule has 14 heavy (non-hydrogen) atoms. The van der Waals surface area contributed by atoms with Crippen LogP contribution in [0.25, 0.3) is 0 Å². The van der Waals surface area contributed by atoms with Crippen LogP contribution < -0.4 is 0 Å². The van der Waals surface area contributed by atoms with E-state index in [0.717, 1.165) is 0 Å². The Hall–Kier alpha value is -1.91. The number of carbonyl (C=O) groups is 1. The highest BCUT2D eigenvalue weighted by Gasteiger charge is 2.14. The first-order valence-electron chi connectivity index (χ1n) is 4.00. The zero-order valence-corrected chi connectivity index (χ0v) is 7.93. The van der Waals surface area contributed by atoms with Crippen LogP contribution in [0.4, 0.5) is 0 Å². The first-order chi connectivity index (χ1) is 6.50. The van der Waals surface area contributed by atoms with E-state index < -0.39 is 4.92 Å². The maximum atomic E-state index is 10.8. The molecular formula is C9H10N2O3. The van der Waals surface area contributed by atoms with E-state index in [9.17, 15) is 14.9 Å². The fraction of sp³-hybridized carbons (Fsp3) is 0.222. The monoisotopic (exact) mass is 194 g/mol. The van der Waals surface area contributed by atoms with Crippen LogP contribution in [0, 0.1) is 10.1 Å². The van der Waals surface area contributed by atoms with Crippen LogP contribution >= 0.6 is 0 Å². The molecule has 0 atom stereocenters. The number of ketones is 1. The van der Waals surface area contributed by atoms with Crippen LogP contribution in [0.1, 0.15) is 6.92 Å². The Labute approximate surface area is 81.2 Å². The van der Waals surface area contributed by atoms with E-state index in [1.54, 1.807) is 18.0 Å². The summed E-state index contributed by atoms with van der Waals surface area (Å²) < 4.78 is 0. The molecule has 0 fully saturated rings. The minimum absolute atomic E-state index is 0.00759. The van der Waals surface area contributed by atoms with Gasteiger partial charge < -0.3 is 4.90 Å². The van der Waals surface area contributed by atoms with Crippen molar-refractivity contribution in [2.24, 2.45) is 0 Å².